The van der Waals surface area contributed by atoms with Crippen LogP contribution in [0.1, 0.15) is 27.2 Å². The first kappa shape index (κ1) is 15.8. The van der Waals surface area contributed by atoms with Crippen molar-refractivity contribution in [2.45, 2.75) is 32.8 Å². The molecule has 1 N–H and O–H groups in total. The Hall–Kier alpha value is -0.160. The molecule has 0 rings (SSSR count). The van der Waals surface area contributed by atoms with E-state index in [1.807, 2.05) is 0 Å². The number of methoxy groups -OCH3 is 1. The zero-order valence-electron chi connectivity index (χ0n) is 11.2. The third-order valence-electron chi connectivity index (χ3n) is 2.16. The lowest BCUT2D eigenvalue weighted by Crippen LogP contribution is -2.38. The lowest BCUT2D eigenvalue weighted by molar-refractivity contribution is -0.0275. The predicted octanol–water partition coefficient (Wildman–Crippen LogP) is 1.44. The molecule has 0 radical (unpaired) electrons. The minimum atomic E-state index is -0.0947. The molecule has 0 amide bonds. The van der Waals surface area contributed by atoms with E-state index in [1.54, 1.807) is 7.11 Å². The topological polar surface area (TPSA) is 39.7 Å². The van der Waals surface area contributed by atoms with Crippen molar-refractivity contribution in [1.82, 2.24) is 5.32 Å². The minimum absolute atomic E-state index is 0.0947. The van der Waals surface area contributed by atoms with Gasteiger partial charge in [-0.1, -0.05) is 6.92 Å². The molecular formula is C12H27NO3. The molecule has 0 bridgehead atoms. The summed E-state index contributed by atoms with van der Waals surface area (Å²) in [5, 5.41) is 3.28. The van der Waals surface area contributed by atoms with Crippen molar-refractivity contribution in [1.29, 1.82) is 0 Å². The van der Waals surface area contributed by atoms with Crippen molar-refractivity contribution in [3.63, 3.8) is 0 Å². The smallest absolute Gasteiger partial charge is 0.0750 e. The first-order chi connectivity index (χ1) is 7.62. The van der Waals surface area contributed by atoms with Gasteiger partial charge in [-0.15, -0.1) is 0 Å². The SMILES string of the molecule is CCNCC(C)(C)OCCCOCCOC. The summed E-state index contributed by atoms with van der Waals surface area (Å²) >= 11 is 0. The van der Waals surface area contributed by atoms with Crippen LogP contribution >= 0.6 is 0 Å². The van der Waals surface area contributed by atoms with Gasteiger partial charge in [-0.2, -0.15) is 0 Å². The molecule has 0 aliphatic heterocycles. The van der Waals surface area contributed by atoms with E-state index in [0.717, 1.165) is 32.7 Å². The van der Waals surface area contributed by atoms with Crippen LogP contribution in [0.4, 0.5) is 0 Å². The summed E-state index contributed by atoms with van der Waals surface area (Å²) in [4.78, 5) is 0. The van der Waals surface area contributed by atoms with Crippen LogP contribution in [0.25, 0.3) is 0 Å². The number of hydrogen-bond acceptors (Lipinski definition) is 4. The molecule has 98 valence electrons. The molecule has 16 heavy (non-hydrogen) atoms. The van der Waals surface area contributed by atoms with Crippen LogP contribution in [0.3, 0.4) is 0 Å². The molecule has 0 saturated carbocycles. The van der Waals surface area contributed by atoms with E-state index in [2.05, 4.69) is 26.1 Å². The number of rotatable bonds is 11. The molecule has 0 saturated heterocycles. The van der Waals surface area contributed by atoms with E-state index in [-0.39, 0.29) is 5.60 Å². The Bertz CT molecular complexity index is 151. The predicted molar refractivity (Wildman–Crippen MR) is 65.9 cm³/mol. The Morgan fingerprint density at radius 2 is 1.81 bits per heavy atom. The molecule has 0 spiro atoms. The fourth-order valence-electron chi connectivity index (χ4n) is 1.23. The first-order valence-corrected chi connectivity index (χ1v) is 6.03. The second kappa shape index (κ2) is 10.0. The molecule has 0 aromatic rings. The molecule has 0 heterocycles. The second-order valence-corrected chi connectivity index (χ2v) is 4.35. The molecule has 0 atom stereocenters. The molecule has 0 aromatic heterocycles. The van der Waals surface area contributed by atoms with Crippen LogP contribution < -0.4 is 5.32 Å². The van der Waals surface area contributed by atoms with Gasteiger partial charge in [-0.3, -0.25) is 0 Å². The Kier molecular flexibility index (Phi) is 9.92. The summed E-state index contributed by atoms with van der Waals surface area (Å²) < 4.78 is 16.0. The zero-order valence-corrected chi connectivity index (χ0v) is 11.2. The molecule has 0 aliphatic carbocycles. The summed E-state index contributed by atoms with van der Waals surface area (Å²) in [6, 6.07) is 0. The maximum atomic E-state index is 5.76. The van der Waals surface area contributed by atoms with E-state index in [9.17, 15) is 0 Å². The van der Waals surface area contributed by atoms with E-state index >= 15 is 0 Å². The summed E-state index contributed by atoms with van der Waals surface area (Å²) in [5.41, 5.74) is -0.0947. The van der Waals surface area contributed by atoms with Crippen molar-refractivity contribution in [2.75, 3.05) is 46.6 Å². The normalized spacial score (nSPS) is 12.0. The van der Waals surface area contributed by atoms with Gasteiger partial charge in [-0.25, -0.2) is 0 Å². The summed E-state index contributed by atoms with van der Waals surface area (Å²) in [6.07, 6.45) is 0.930. The summed E-state index contributed by atoms with van der Waals surface area (Å²) in [7, 11) is 1.68. The average Bonchev–Trinajstić information content (AvgIpc) is 2.25. The van der Waals surface area contributed by atoms with Gasteiger partial charge in [0.05, 0.1) is 18.8 Å². The van der Waals surface area contributed by atoms with Gasteiger partial charge in [-0.05, 0) is 26.8 Å². The van der Waals surface area contributed by atoms with Gasteiger partial charge in [0.25, 0.3) is 0 Å². The molecule has 0 fully saturated rings. The molecule has 0 aliphatic rings. The number of hydrogen-bond donors (Lipinski definition) is 1. The molecule has 4 heteroatoms. The Labute approximate surface area is 99.6 Å². The van der Waals surface area contributed by atoms with Crippen molar-refractivity contribution in [2.24, 2.45) is 0 Å². The van der Waals surface area contributed by atoms with Crippen LogP contribution in [0, 0.1) is 0 Å². The number of nitrogens with one attached hydrogen (secondary N) is 1. The van der Waals surface area contributed by atoms with Crippen LogP contribution in [-0.4, -0.2) is 52.2 Å². The van der Waals surface area contributed by atoms with Crippen molar-refractivity contribution in [3.05, 3.63) is 0 Å². The van der Waals surface area contributed by atoms with Gasteiger partial charge in [0.15, 0.2) is 0 Å². The third-order valence-corrected chi connectivity index (χ3v) is 2.16. The highest BCUT2D eigenvalue weighted by molar-refractivity contribution is 4.71. The molecule has 0 aromatic carbocycles. The fraction of sp³-hybridized carbons (Fsp3) is 1.00. The lowest BCUT2D eigenvalue weighted by atomic mass is 10.1. The van der Waals surface area contributed by atoms with Gasteiger partial charge >= 0.3 is 0 Å². The highest BCUT2D eigenvalue weighted by atomic mass is 16.5. The van der Waals surface area contributed by atoms with Crippen LogP contribution in [0.2, 0.25) is 0 Å². The Balaban J connectivity index is 3.29. The zero-order chi connectivity index (χ0) is 12.3. The Morgan fingerprint density at radius 3 is 2.44 bits per heavy atom. The Morgan fingerprint density at radius 1 is 1.06 bits per heavy atom. The van der Waals surface area contributed by atoms with Gasteiger partial charge in [0, 0.05) is 26.9 Å². The fourth-order valence-corrected chi connectivity index (χ4v) is 1.23. The molecule has 4 nitrogen and oxygen atoms in total. The van der Waals surface area contributed by atoms with Crippen molar-refractivity contribution in [3.8, 4) is 0 Å². The summed E-state index contributed by atoms with van der Waals surface area (Å²) in [5.74, 6) is 0. The maximum absolute atomic E-state index is 5.76. The van der Waals surface area contributed by atoms with E-state index in [0.29, 0.717) is 13.2 Å². The number of likely N-dealkylation sites (N-methyl/N-ethyl adjacent to an activating group) is 1. The van der Waals surface area contributed by atoms with Crippen molar-refractivity contribution < 1.29 is 14.2 Å². The van der Waals surface area contributed by atoms with Gasteiger partial charge in [0.2, 0.25) is 0 Å². The first-order valence-electron chi connectivity index (χ1n) is 6.03. The summed E-state index contributed by atoms with van der Waals surface area (Å²) in [6.45, 7) is 11.0. The van der Waals surface area contributed by atoms with Crippen molar-refractivity contribution >= 4 is 0 Å². The van der Waals surface area contributed by atoms with E-state index in [1.165, 1.54) is 0 Å². The maximum Gasteiger partial charge on any atom is 0.0750 e. The van der Waals surface area contributed by atoms with E-state index < -0.39 is 0 Å². The highest BCUT2D eigenvalue weighted by Crippen LogP contribution is 2.07. The molecular weight excluding hydrogens is 206 g/mol. The monoisotopic (exact) mass is 233 g/mol. The van der Waals surface area contributed by atoms with Gasteiger partial charge < -0.3 is 19.5 Å². The number of ether oxygens (including phenoxy) is 3. The van der Waals surface area contributed by atoms with Crippen LogP contribution in [0.5, 0.6) is 0 Å². The largest absolute Gasteiger partial charge is 0.382 e. The molecule has 0 unspecified atom stereocenters. The highest BCUT2D eigenvalue weighted by Gasteiger charge is 2.16. The van der Waals surface area contributed by atoms with Crippen LogP contribution in [0.15, 0.2) is 0 Å². The van der Waals surface area contributed by atoms with E-state index in [4.69, 9.17) is 14.2 Å². The quantitative estimate of drug-likeness (QED) is 0.548. The second-order valence-electron chi connectivity index (χ2n) is 4.35. The van der Waals surface area contributed by atoms with Gasteiger partial charge in [0.1, 0.15) is 0 Å². The third kappa shape index (κ3) is 10.4. The standard InChI is InChI=1S/C12H27NO3/c1-5-13-11-12(2,3)16-8-6-7-15-10-9-14-4/h13H,5-11H2,1-4H3. The average molecular weight is 233 g/mol. The minimum Gasteiger partial charge on any atom is -0.382 e. The lowest BCUT2D eigenvalue weighted by Gasteiger charge is -2.25. The van der Waals surface area contributed by atoms with Crippen LogP contribution in [-0.2, 0) is 14.2 Å².